The van der Waals surface area contributed by atoms with Crippen LogP contribution in [0.4, 0.5) is 0 Å². The van der Waals surface area contributed by atoms with Crippen molar-refractivity contribution in [3.8, 4) is 0 Å². The van der Waals surface area contributed by atoms with E-state index in [2.05, 4.69) is 31.0 Å². The van der Waals surface area contributed by atoms with Gasteiger partial charge >= 0.3 is 0 Å². The van der Waals surface area contributed by atoms with E-state index in [0.717, 1.165) is 58.7 Å². The van der Waals surface area contributed by atoms with Crippen molar-refractivity contribution in [2.45, 2.75) is 58.6 Å². The van der Waals surface area contributed by atoms with Crippen LogP contribution < -0.4 is 5.32 Å². The molecule has 4 nitrogen and oxygen atoms in total. The first-order valence-electron chi connectivity index (χ1n) is 8.53. The Hall–Kier alpha value is -0.160. The van der Waals surface area contributed by atoms with E-state index < -0.39 is 0 Å². The van der Waals surface area contributed by atoms with Crippen molar-refractivity contribution in [3.05, 3.63) is 0 Å². The van der Waals surface area contributed by atoms with Crippen LogP contribution in [-0.2, 0) is 4.74 Å². The molecule has 2 N–H and O–H groups in total. The third-order valence-corrected chi connectivity index (χ3v) is 5.05. The summed E-state index contributed by atoms with van der Waals surface area (Å²) in [5.74, 6) is 0.490. The molecule has 2 heterocycles. The van der Waals surface area contributed by atoms with Gasteiger partial charge in [0, 0.05) is 30.7 Å². The summed E-state index contributed by atoms with van der Waals surface area (Å²) in [6.45, 7) is 14.8. The average Bonchev–Trinajstić information content (AvgIpc) is 2.85. The second kappa shape index (κ2) is 6.95. The van der Waals surface area contributed by atoms with Gasteiger partial charge < -0.3 is 20.1 Å². The predicted octanol–water partition coefficient (Wildman–Crippen LogP) is 1.87. The molecule has 0 spiro atoms. The number of rotatable bonds is 5. The van der Waals surface area contributed by atoms with Gasteiger partial charge in [0.15, 0.2) is 0 Å². The summed E-state index contributed by atoms with van der Waals surface area (Å²) in [6, 6.07) is 0. The number of piperidine rings is 1. The first-order valence-corrected chi connectivity index (χ1v) is 8.53. The highest BCUT2D eigenvalue weighted by molar-refractivity contribution is 4.91. The Labute approximate surface area is 130 Å². The van der Waals surface area contributed by atoms with E-state index in [1.165, 1.54) is 0 Å². The van der Waals surface area contributed by atoms with Gasteiger partial charge in [-0.05, 0) is 66.0 Å². The molecular formula is C17H34N2O2. The monoisotopic (exact) mass is 298 g/mol. The first-order chi connectivity index (χ1) is 9.80. The zero-order valence-electron chi connectivity index (χ0n) is 14.3. The van der Waals surface area contributed by atoms with E-state index in [0.29, 0.717) is 5.92 Å². The van der Waals surface area contributed by atoms with Crippen molar-refractivity contribution >= 4 is 0 Å². The highest BCUT2D eigenvalue weighted by Crippen LogP contribution is 2.31. The molecule has 0 aromatic heterocycles. The Morgan fingerprint density at radius 2 is 2.00 bits per heavy atom. The van der Waals surface area contributed by atoms with Crippen molar-refractivity contribution in [1.82, 2.24) is 10.2 Å². The lowest BCUT2D eigenvalue weighted by Gasteiger charge is -2.40. The highest BCUT2D eigenvalue weighted by Gasteiger charge is 2.38. The molecule has 0 radical (unpaired) electrons. The predicted molar refractivity (Wildman–Crippen MR) is 86.5 cm³/mol. The second-order valence-corrected chi connectivity index (χ2v) is 8.26. The Morgan fingerprint density at radius 3 is 2.48 bits per heavy atom. The molecule has 2 aliphatic rings. The van der Waals surface area contributed by atoms with Gasteiger partial charge in [-0.3, -0.25) is 0 Å². The maximum atomic E-state index is 9.72. The number of likely N-dealkylation sites (tertiary alicyclic amines) is 1. The topological polar surface area (TPSA) is 44.7 Å². The third kappa shape index (κ3) is 5.20. The van der Waals surface area contributed by atoms with E-state index in [1.807, 2.05) is 6.92 Å². The molecule has 2 unspecified atom stereocenters. The minimum Gasteiger partial charge on any atom is -0.393 e. The molecule has 0 saturated carbocycles. The van der Waals surface area contributed by atoms with Crippen LogP contribution in [0, 0.1) is 11.3 Å². The van der Waals surface area contributed by atoms with Gasteiger partial charge in [-0.15, -0.1) is 0 Å². The summed E-state index contributed by atoms with van der Waals surface area (Å²) in [7, 11) is 0. The van der Waals surface area contributed by atoms with Crippen LogP contribution in [0.5, 0.6) is 0 Å². The number of aliphatic hydroxyl groups excluding tert-OH is 1. The molecule has 2 aliphatic heterocycles. The maximum Gasteiger partial charge on any atom is 0.0547 e. The molecule has 2 rings (SSSR count). The largest absolute Gasteiger partial charge is 0.393 e. The Morgan fingerprint density at radius 1 is 1.33 bits per heavy atom. The standard InChI is InChI=1S/C17H34N2O2/c1-14(20)15-5-8-19(9-6-15)12-17(7-10-21-13-17)11-18-16(2,3)4/h14-15,18,20H,5-13H2,1-4H3. The van der Waals surface area contributed by atoms with Crippen LogP contribution in [0.3, 0.4) is 0 Å². The third-order valence-electron chi connectivity index (χ3n) is 5.05. The Balaban J connectivity index is 1.86. The van der Waals surface area contributed by atoms with E-state index >= 15 is 0 Å². The summed E-state index contributed by atoms with van der Waals surface area (Å²) in [5, 5.41) is 13.4. The van der Waals surface area contributed by atoms with Crippen LogP contribution in [0.15, 0.2) is 0 Å². The van der Waals surface area contributed by atoms with Gasteiger partial charge in [-0.2, -0.15) is 0 Å². The van der Waals surface area contributed by atoms with Crippen LogP contribution in [0.25, 0.3) is 0 Å². The Bertz CT molecular complexity index is 311. The fraction of sp³-hybridized carbons (Fsp3) is 1.00. The van der Waals surface area contributed by atoms with Gasteiger partial charge in [0.1, 0.15) is 0 Å². The fourth-order valence-corrected chi connectivity index (χ4v) is 3.49. The molecule has 124 valence electrons. The molecule has 0 bridgehead atoms. The number of hydrogen-bond donors (Lipinski definition) is 2. The van der Waals surface area contributed by atoms with Crippen LogP contribution >= 0.6 is 0 Å². The summed E-state index contributed by atoms with van der Waals surface area (Å²) >= 11 is 0. The van der Waals surface area contributed by atoms with Gasteiger partial charge in [0.25, 0.3) is 0 Å². The molecule has 2 fully saturated rings. The lowest BCUT2D eigenvalue weighted by molar-refractivity contribution is 0.0459. The minimum absolute atomic E-state index is 0.154. The molecule has 0 amide bonds. The quantitative estimate of drug-likeness (QED) is 0.813. The summed E-state index contributed by atoms with van der Waals surface area (Å²) in [4.78, 5) is 2.58. The zero-order valence-corrected chi connectivity index (χ0v) is 14.3. The SMILES string of the molecule is CC(O)C1CCN(CC2(CNC(C)(C)C)CCOC2)CC1. The molecule has 2 atom stereocenters. The minimum atomic E-state index is -0.154. The van der Waals surface area contributed by atoms with E-state index in [9.17, 15) is 5.11 Å². The second-order valence-electron chi connectivity index (χ2n) is 8.26. The van der Waals surface area contributed by atoms with Gasteiger partial charge in [-0.1, -0.05) is 0 Å². The number of hydrogen-bond acceptors (Lipinski definition) is 4. The number of nitrogens with zero attached hydrogens (tertiary/aromatic N) is 1. The van der Waals surface area contributed by atoms with Gasteiger partial charge in [0.2, 0.25) is 0 Å². The lowest BCUT2D eigenvalue weighted by Crippen LogP contribution is -2.51. The first kappa shape index (κ1) is 17.2. The number of ether oxygens (including phenoxy) is 1. The van der Waals surface area contributed by atoms with Crippen molar-refractivity contribution in [3.63, 3.8) is 0 Å². The number of nitrogens with one attached hydrogen (secondary N) is 1. The van der Waals surface area contributed by atoms with Crippen LogP contribution in [0.1, 0.15) is 47.0 Å². The average molecular weight is 298 g/mol. The normalized spacial score (nSPS) is 30.7. The molecule has 21 heavy (non-hydrogen) atoms. The van der Waals surface area contributed by atoms with Crippen molar-refractivity contribution in [1.29, 1.82) is 0 Å². The fourth-order valence-electron chi connectivity index (χ4n) is 3.49. The van der Waals surface area contributed by atoms with E-state index in [4.69, 9.17) is 4.74 Å². The molecule has 4 heteroatoms. The van der Waals surface area contributed by atoms with Crippen LogP contribution in [-0.4, -0.2) is 61.0 Å². The molecule has 2 saturated heterocycles. The lowest BCUT2D eigenvalue weighted by atomic mass is 9.84. The highest BCUT2D eigenvalue weighted by atomic mass is 16.5. The van der Waals surface area contributed by atoms with Crippen molar-refractivity contribution < 1.29 is 9.84 Å². The van der Waals surface area contributed by atoms with Gasteiger partial charge in [-0.25, -0.2) is 0 Å². The zero-order chi connectivity index (χ0) is 15.5. The Kier molecular flexibility index (Phi) is 5.69. The molecule has 0 aliphatic carbocycles. The van der Waals surface area contributed by atoms with Crippen molar-refractivity contribution in [2.75, 3.05) is 39.4 Å². The van der Waals surface area contributed by atoms with Gasteiger partial charge in [0.05, 0.1) is 12.7 Å². The summed E-state index contributed by atoms with van der Waals surface area (Å²) in [6.07, 6.45) is 3.26. The van der Waals surface area contributed by atoms with Crippen molar-refractivity contribution in [2.24, 2.45) is 11.3 Å². The van der Waals surface area contributed by atoms with E-state index in [-0.39, 0.29) is 17.1 Å². The number of aliphatic hydroxyl groups is 1. The van der Waals surface area contributed by atoms with Crippen LogP contribution in [0.2, 0.25) is 0 Å². The molecule has 0 aromatic carbocycles. The molecule has 0 aromatic rings. The smallest absolute Gasteiger partial charge is 0.0547 e. The molecular weight excluding hydrogens is 264 g/mol. The van der Waals surface area contributed by atoms with E-state index in [1.54, 1.807) is 0 Å². The summed E-state index contributed by atoms with van der Waals surface area (Å²) < 4.78 is 5.72. The summed E-state index contributed by atoms with van der Waals surface area (Å²) in [5.41, 5.74) is 0.430. The maximum absolute atomic E-state index is 9.72.